The number of esters is 1. The molecule has 2 aromatic heterocycles. The van der Waals surface area contributed by atoms with Crippen molar-refractivity contribution in [1.82, 2.24) is 4.98 Å². The van der Waals surface area contributed by atoms with Gasteiger partial charge in [0, 0.05) is 16.1 Å². The maximum absolute atomic E-state index is 12.5. The van der Waals surface area contributed by atoms with E-state index in [1.807, 2.05) is 62.4 Å². The Morgan fingerprint density at radius 2 is 1.70 bits per heavy atom. The van der Waals surface area contributed by atoms with Crippen molar-refractivity contribution in [3.63, 3.8) is 0 Å². The fraction of sp³-hybridized carbons (Fsp3) is 0.136. The van der Waals surface area contributed by atoms with Crippen LogP contribution < -0.4 is 10.6 Å². The van der Waals surface area contributed by atoms with Crippen LogP contribution in [0.25, 0.3) is 20.8 Å². The number of fused-ring (bicyclic) bond motifs is 1. The van der Waals surface area contributed by atoms with E-state index in [1.54, 1.807) is 11.3 Å². The fourth-order valence-corrected chi connectivity index (χ4v) is 5.03. The molecule has 0 unspecified atom stereocenters. The average Bonchev–Trinajstić information content (AvgIpc) is 3.29. The molecule has 0 fully saturated rings. The van der Waals surface area contributed by atoms with Crippen molar-refractivity contribution in [3.05, 3.63) is 64.5 Å². The molecule has 0 atom stereocenters. The molecule has 0 radical (unpaired) electrons. The van der Waals surface area contributed by atoms with Crippen LogP contribution in [0.15, 0.2) is 48.5 Å². The van der Waals surface area contributed by atoms with Gasteiger partial charge in [-0.3, -0.25) is 5.32 Å². The van der Waals surface area contributed by atoms with Gasteiger partial charge in [-0.2, -0.15) is 0 Å². The SMILES string of the molecule is COC(=O)c1c(NC(=O)Nc2ccc(-c3nc4ccccc4s3)cc2)sc(C)c1C. The molecule has 0 aliphatic heterocycles. The molecule has 4 rings (SSSR count). The number of aryl methyl sites for hydroxylation is 1. The molecule has 152 valence electrons. The molecular weight excluding hydrogens is 418 g/mol. The number of hydrogen-bond donors (Lipinski definition) is 2. The summed E-state index contributed by atoms with van der Waals surface area (Å²) in [6.07, 6.45) is 0. The zero-order chi connectivity index (χ0) is 21.3. The van der Waals surface area contributed by atoms with Gasteiger partial charge in [0.2, 0.25) is 0 Å². The topological polar surface area (TPSA) is 80.3 Å². The molecule has 0 saturated carbocycles. The van der Waals surface area contributed by atoms with E-state index in [9.17, 15) is 9.59 Å². The van der Waals surface area contributed by atoms with Crippen LogP contribution in [-0.2, 0) is 4.74 Å². The summed E-state index contributed by atoms with van der Waals surface area (Å²) >= 11 is 2.97. The molecule has 0 aliphatic rings. The lowest BCUT2D eigenvalue weighted by atomic mass is 10.1. The molecule has 6 nitrogen and oxygen atoms in total. The largest absolute Gasteiger partial charge is 0.465 e. The predicted molar refractivity (Wildman–Crippen MR) is 123 cm³/mol. The van der Waals surface area contributed by atoms with Crippen molar-refractivity contribution in [3.8, 4) is 10.6 Å². The first kappa shape index (κ1) is 20.1. The number of methoxy groups -OCH3 is 1. The summed E-state index contributed by atoms with van der Waals surface area (Å²) in [6, 6.07) is 15.1. The van der Waals surface area contributed by atoms with E-state index < -0.39 is 12.0 Å². The number of urea groups is 1. The third-order valence-electron chi connectivity index (χ3n) is 4.69. The number of rotatable bonds is 4. The second kappa shape index (κ2) is 8.25. The second-order valence-electron chi connectivity index (χ2n) is 6.62. The molecule has 0 bridgehead atoms. The van der Waals surface area contributed by atoms with Gasteiger partial charge in [-0.1, -0.05) is 12.1 Å². The normalized spacial score (nSPS) is 10.8. The Balaban J connectivity index is 1.48. The molecule has 2 heterocycles. The van der Waals surface area contributed by atoms with E-state index in [4.69, 9.17) is 4.74 Å². The summed E-state index contributed by atoms with van der Waals surface area (Å²) in [7, 11) is 1.33. The maximum Gasteiger partial charge on any atom is 0.341 e. The van der Waals surface area contributed by atoms with Crippen LogP contribution in [0.2, 0.25) is 0 Å². The number of thiophene rings is 1. The van der Waals surface area contributed by atoms with E-state index in [0.717, 1.165) is 31.2 Å². The van der Waals surface area contributed by atoms with Crippen LogP contribution in [0, 0.1) is 13.8 Å². The number of hydrogen-bond acceptors (Lipinski definition) is 6. The van der Waals surface area contributed by atoms with Gasteiger partial charge in [0.05, 0.1) is 22.9 Å². The van der Waals surface area contributed by atoms with Crippen molar-refractivity contribution in [2.45, 2.75) is 13.8 Å². The van der Waals surface area contributed by atoms with Crippen molar-refractivity contribution in [2.75, 3.05) is 17.7 Å². The van der Waals surface area contributed by atoms with Crippen LogP contribution in [0.1, 0.15) is 20.8 Å². The fourth-order valence-electron chi connectivity index (χ4n) is 3.02. The Hall–Kier alpha value is -3.23. The van der Waals surface area contributed by atoms with Gasteiger partial charge < -0.3 is 10.1 Å². The summed E-state index contributed by atoms with van der Waals surface area (Å²) in [6.45, 7) is 3.73. The minimum absolute atomic E-state index is 0.390. The van der Waals surface area contributed by atoms with Crippen LogP contribution in [0.5, 0.6) is 0 Å². The van der Waals surface area contributed by atoms with Gasteiger partial charge in [0.25, 0.3) is 0 Å². The number of thiazole rings is 1. The highest BCUT2D eigenvalue weighted by Crippen LogP contribution is 2.33. The number of nitrogens with zero attached hydrogens (tertiary/aromatic N) is 1. The Morgan fingerprint density at radius 1 is 0.967 bits per heavy atom. The summed E-state index contributed by atoms with van der Waals surface area (Å²) in [5, 5.41) is 6.96. The minimum Gasteiger partial charge on any atom is -0.465 e. The molecule has 2 amide bonds. The zero-order valence-electron chi connectivity index (χ0n) is 16.6. The maximum atomic E-state index is 12.5. The Labute approximate surface area is 181 Å². The summed E-state index contributed by atoms with van der Waals surface area (Å²) in [4.78, 5) is 30.1. The lowest BCUT2D eigenvalue weighted by molar-refractivity contribution is 0.0601. The first-order chi connectivity index (χ1) is 14.5. The van der Waals surface area contributed by atoms with E-state index >= 15 is 0 Å². The lowest BCUT2D eigenvalue weighted by Gasteiger charge is -2.08. The predicted octanol–water partition coefficient (Wildman–Crippen LogP) is 6.07. The summed E-state index contributed by atoms with van der Waals surface area (Å²) in [5.41, 5.74) is 3.80. The molecule has 0 spiro atoms. The second-order valence-corrected chi connectivity index (χ2v) is 8.88. The molecule has 0 saturated heterocycles. The highest BCUT2D eigenvalue weighted by atomic mass is 32.1. The van der Waals surface area contributed by atoms with Gasteiger partial charge in [-0.25, -0.2) is 14.6 Å². The zero-order valence-corrected chi connectivity index (χ0v) is 18.2. The van der Waals surface area contributed by atoms with E-state index in [1.165, 1.54) is 18.4 Å². The summed E-state index contributed by atoms with van der Waals surface area (Å²) in [5.74, 6) is -0.465. The van der Waals surface area contributed by atoms with Crippen molar-refractivity contribution in [2.24, 2.45) is 0 Å². The molecule has 4 aromatic rings. The number of aromatic nitrogens is 1. The number of amides is 2. The van der Waals surface area contributed by atoms with Gasteiger partial charge in [0.15, 0.2) is 0 Å². The number of benzene rings is 2. The Morgan fingerprint density at radius 3 is 2.40 bits per heavy atom. The van der Waals surface area contributed by atoms with Crippen molar-refractivity contribution in [1.29, 1.82) is 0 Å². The molecule has 0 aliphatic carbocycles. The molecule has 2 N–H and O–H groups in total. The van der Waals surface area contributed by atoms with Gasteiger partial charge in [-0.05, 0) is 55.8 Å². The standard InChI is InChI=1S/C22H19N3O3S2/c1-12-13(2)29-20(18(12)21(26)28-3)25-22(27)23-15-10-8-14(9-11-15)19-24-16-6-4-5-7-17(16)30-19/h4-11H,1-3H3,(H2,23,25,27). The monoisotopic (exact) mass is 437 g/mol. The smallest absolute Gasteiger partial charge is 0.341 e. The van der Waals surface area contributed by atoms with Crippen LogP contribution in [-0.4, -0.2) is 24.1 Å². The van der Waals surface area contributed by atoms with Crippen LogP contribution in [0.3, 0.4) is 0 Å². The van der Waals surface area contributed by atoms with Crippen LogP contribution >= 0.6 is 22.7 Å². The van der Waals surface area contributed by atoms with E-state index in [0.29, 0.717) is 16.3 Å². The molecule has 2 aromatic carbocycles. The molecular formula is C22H19N3O3S2. The van der Waals surface area contributed by atoms with Gasteiger partial charge in [-0.15, -0.1) is 22.7 Å². The highest BCUT2D eigenvalue weighted by Gasteiger charge is 2.21. The highest BCUT2D eigenvalue weighted by molar-refractivity contribution is 7.21. The summed E-state index contributed by atoms with van der Waals surface area (Å²) < 4.78 is 5.98. The van der Waals surface area contributed by atoms with Gasteiger partial charge in [0.1, 0.15) is 10.0 Å². The van der Waals surface area contributed by atoms with Crippen LogP contribution in [0.4, 0.5) is 15.5 Å². The Kier molecular flexibility index (Phi) is 5.52. The third-order valence-corrected chi connectivity index (χ3v) is 6.89. The van der Waals surface area contributed by atoms with Crippen molar-refractivity contribution >= 4 is 55.6 Å². The third kappa shape index (κ3) is 3.92. The molecule has 8 heteroatoms. The lowest BCUT2D eigenvalue weighted by Crippen LogP contribution is -2.20. The first-order valence-corrected chi connectivity index (χ1v) is 10.8. The van der Waals surface area contributed by atoms with E-state index in [-0.39, 0.29) is 0 Å². The molecule has 30 heavy (non-hydrogen) atoms. The minimum atomic E-state index is -0.465. The number of nitrogens with one attached hydrogen (secondary N) is 2. The van der Waals surface area contributed by atoms with Crippen molar-refractivity contribution < 1.29 is 14.3 Å². The number of ether oxygens (including phenoxy) is 1. The Bertz CT molecular complexity index is 1210. The number of carbonyl (C=O) groups excluding carboxylic acids is 2. The quantitative estimate of drug-likeness (QED) is 0.380. The average molecular weight is 438 g/mol. The van der Waals surface area contributed by atoms with Gasteiger partial charge >= 0.3 is 12.0 Å². The first-order valence-electron chi connectivity index (χ1n) is 9.18. The number of para-hydroxylation sites is 1. The number of anilines is 2. The van der Waals surface area contributed by atoms with E-state index in [2.05, 4.69) is 15.6 Å². The number of carbonyl (C=O) groups is 2.